The van der Waals surface area contributed by atoms with Crippen molar-refractivity contribution in [2.75, 3.05) is 29.9 Å². The highest BCUT2D eigenvalue weighted by Gasteiger charge is 2.32. The maximum atomic E-state index is 12.9. The fourth-order valence-electron chi connectivity index (χ4n) is 5.85. The van der Waals surface area contributed by atoms with Crippen molar-refractivity contribution < 1.29 is 17.9 Å². The number of aromatic nitrogens is 1. The predicted molar refractivity (Wildman–Crippen MR) is 169 cm³/mol. The van der Waals surface area contributed by atoms with Gasteiger partial charge in [0.05, 0.1) is 53.0 Å². The number of ether oxygens (including phenoxy) is 1. The summed E-state index contributed by atoms with van der Waals surface area (Å²) >= 11 is 0. The van der Waals surface area contributed by atoms with Crippen LogP contribution in [0.5, 0.6) is 5.75 Å². The number of rotatable bonds is 7. The molecule has 1 aromatic heterocycles. The first-order valence-electron chi connectivity index (χ1n) is 14.9. The number of fused-ring (bicyclic) bond motifs is 2. The number of anilines is 3. The minimum Gasteiger partial charge on any atom is -0.406 e. The first kappa shape index (κ1) is 29.6. The average molecular weight is 601 g/mol. The third-order valence-corrected chi connectivity index (χ3v) is 7.76. The summed E-state index contributed by atoms with van der Waals surface area (Å²) in [6.45, 7) is 8.03. The van der Waals surface area contributed by atoms with Gasteiger partial charge in [-0.2, -0.15) is 0 Å². The summed E-state index contributed by atoms with van der Waals surface area (Å²) in [6.07, 6.45) is 4.72. The Bertz CT molecular complexity index is 1590. The van der Waals surface area contributed by atoms with Crippen molar-refractivity contribution in [3.8, 4) is 5.75 Å². The van der Waals surface area contributed by atoms with Gasteiger partial charge in [0.2, 0.25) is 0 Å². The van der Waals surface area contributed by atoms with Crippen molar-refractivity contribution >= 4 is 28.5 Å². The molecular formula is C34H35F3N6O. The van der Waals surface area contributed by atoms with Crippen LogP contribution < -0.4 is 15.0 Å². The molecule has 0 atom stereocenters. The molecule has 3 aromatic rings. The number of aliphatic imine (C=N–C) groups is 2. The van der Waals surface area contributed by atoms with Crippen LogP contribution in [0.2, 0.25) is 0 Å². The van der Waals surface area contributed by atoms with E-state index in [0.717, 1.165) is 72.2 Å². The lowest BCUT2D eigenvalue weighted by Crippen LogP contribution is -2.38. The number of likely N-dealkylation sites (tertiary alicyclic amines) is 1. The van der Waals surface area contributed by atoms with E-state index < -0.39 is 6.36 Å². The first-order chi connectivity index (χ1) is 21.2. The van der Waals surface area contributed by atoms with E-state index in [1.54, 1.807) is 24.5 Å². The minimum atomic E-state index is -4.76. The molecule has 0 bridgehead atoms. The zero-order valence-corrected chi connectivity index (χ0v) is 24.8. The summed E-state index contributed by atoms with van der Waals surface area (Å²) in [5.41, 5.74) is 6.59. The maximum absolute atomic E-state index is 12.9. The molecule has 228 valence electrons. The van der Waals surface area contributed by atoms with E-state index >= 15 is 0 Å². The quantitative estimate of drug-likeness (QED) is 0.284. The molecule has 6 rings (SSSR count). The Morgan fingerprint density at radius 2 is 1.77 bits per heavy atom. The number of alkyl halides is 3. The second-order valence-electron chi connectivity index (χ2n) is 11.6. The van der Waals surface area contributed by atoms with Crippen molar-refractivity contribution in [1.82, 2.24) is 9.88 Å². The van der Waals surface area contributed by atoms with E-state index in [9.17, 15) is 13.2 Å². The third-order valence-electron chi connectivity index (χ3n) is 7.76. The molecule has 3 aliphatic rings. The van der Waals surface area contributed by atoms with E-state index in [1.807, 2.05) is 53.5 Å². The number of halogens is 3. The Labute approximate surface area is 255 Å². The molecule has 0 spiro atoms. The van der Waals surface area contributed by atoms with Crippen LogP contribution in [0.25, 0.3) is 0 Å². The summed E-state index contributed by atoms with van der Waals surface area (Å²) in [4.78, 5) is 19.1. The average Bonchev–Trinajstić information content (AvgIpc) is 3.15. The van der Waals surface area contributed by atoms with Crippen molar-refractivity contribution in [3.63, 3.8) is 0 Å². The summed E-state index contributed by atoms with van der Waals surface area (Å²) in [7, 11) is 0. The number of allylic oxidation sites excluding steroid dienone is 2. The van der Waals surface area contributed by atoms with Gasteiger partial charge in [-0.3, -0.25) is 15.0 Å². The minimum absolute atomic E-state index is 0.160. The Balaban J connectivity index is 1.40. The van der Waals surface area contributed by atoms with Gasteiger partial charge in [0, 0.05) is 31.5 Å². The lowest BCUT2D eigenvalue weighted by Gasteiger charge is -2.33. The Morgan fingerprint density at radius 1 is 1.00 bits per heavy atom. The number of piperidine rings is 1. The molecule has 0 unspecified atom stereocenters. The van der Waals surface area contributed by atoms with Gasteiger partial charge in [-0.1, -0.05) is 32.0 Å². The zero-order valence-electron chi connectivity index (χ0n) is 24.8. The molecule has 3 heterocycles. The lowest BCUT2D eigenvalue weighted by atomic mass is 10.00. The van der Waals surface area contributed by atoms with Crippen LogP contribution in [0.15, 0.2) is 107 Å². The molecule has 1 fully saturated rings. The summed E-state index contributed by atoms with van der Waals surface area (Å²) in [5.74, 6) is 0.347. The molecule has 44 heavy (non-hydrogen) atoms. The predicted octanol–water partition coefficient (Wildman–Crippen LogP) is 7.53. The SMILES string of the molecule is CC(C)CN1CCC(N=C2C=C3C(=NCc4ccccc4N3c3ccc(OC(F)(F)F)cc3)C=C2Nc2cccnc2)CC1. The molecule has 1 N–H and O–H groups in total. The zero-order chi connectivity index (χ0) is 30.7. The highest BCUT2D eigenvalue weighted by atomic mass is 19.4. The van der Waals surface area contributed by atoms with Crippen LogP contribution in [0.4, 0.5) is 30.2 Å². The lowest BCUT2D eigenvalue weighted by molar-refractivity contribution is -0.274. The molecule has 2 aliphatic heterocycles. The first-order valence-corrected chi connectivity index (χ1v) is 14.9. The van der Waals surface area contributed by atoms with Crippen molar-refractivity contribution in [1.29, 1.82) is 0 Å². The van der Waals surface area contributed by atoms with Gasteiger partial charge < -0.3 is 19.9 Å². The third kappa shape index (κ3) is 7.02. The summed E-state index contributed by atoms with van der Waals surface area (Å²) in [5, 5.41) is 3.50. The van der Waals surface area contributed by atoms with Crippen LogP contribution in [0, 0.1) is 5.92 Å². The van der Waals surface area contributed by atoms with Crippen LogP contribution in [0.1, 0.15) is 32.3 Å². The van der Waals surface area contributed by atoms with E-state index in [0.29, 0.717) is 18.2 Å². The van der Waals surface area contributed by atoms with Crippen LogP contribution >= 0.6 is 0 Å². The molecule has 1 saturated heterocycles. The van der Waals surface area contributed by atoms with Gasteiger partial charge in [0.15, 0.2) is 0 Å². The number of benzene rings is 2. The molecule has 10 heteroatoms. The second-order valence-corrected chi connectivity index (χ2v) is 11.6. The van der Waals surface area contributed by atoms with Crippen LogP contribution in [-0.4, -0.2) is 53.3 Å². The van der Waals surface area contributed by atoms with Crippen molar-refractivity contribution in [2.45, 2.75) is 45.6 Å². The van der Waals surface area contributed by atoms with E-state index in [1.165, 1.54) is 12.1 Å². The van der Waals surface area contributed by atoms with Crippen molar-refractivity contribution in [2.24, 2.45) is 15.9 Å². The number of nitrogens with zero attached hydrogens (tertiary/aromatic N) is 5. The normalized spacial score (nSPS) is 18.6. The Morgan fingerprint density at radius 3 is 2.48 bits per heavy atom. The molecule has 0 radical (unpaired) electrons. The van der Waals surface area contributed by atoms with Crippen molar-refractivity contribution in [3.05, 3.63) is 102 Å². The van der Waals surface area contributed by atoms with Crippen LogP contribution in [-0.2, 0) is 6.54 Å². The van der Waals surface area contributed by atoms with E-state index in [2.05, 4.69) is 33.8 Å². The maximum Gasteiger partial charge on any atom is 0.573 e. The molecule has 2 aromatic carbocycles. The Hall–Kier alpha value is -4.44. The largest absolute Gasteiger partial charge is 0.573 e. The van der Waals surface area contributed by atoms with Crippen LogP contribution in [0.3, 0.4) is 0 Å². The van der Waals surface area contributed by atoms with E-state index in [-0.39, 0.29) is 11.8 Å². The standard InChI is InChI=1S/C34H35F3N6O/c1-23(2)22-42-16-13-25(14-17-42)40-30-19-33-31(18-29(30)41-26-7-5-15-38-21-26)39-20-24-6-3-4-8-32(24)43(33)27-9-11-28(12-10-27)44-34(35,36)37/h3-12,15,18-19,21,23,25,41H,13-14,16-17,20,22H2,1-2H3. The molecule has 0 saturated carbocycles. The number of para-hydroxylation sites is 1. The summed E-state index contributed by atoms with van der Waals surface area (Å²) in [6, 6.07) is 17.9. The smallest absolute Gasteiger partial charge is 0.406 e. The van der Waals surface area contributed by atoms with Gasteiger partial charge >= 0.3 is 6.36 Å². The number of hydrogen-bond donors (Lipinski definition) is 1. The molecular weight excluding hydrogens is 565 g/mol. The van der Waals surface area contributed by atoms with Gasteiger partial charge in [-0.05, 0) is 78.9 Å². The second kappa shape index (κ2) is 12.7. The highest BCUT2D eigenvalue weighted by molar-refractivity contribution is 6.26. The molecule has 0 amide bonds. The molecule has 7 nitrogen and oxygen atoms in total. The van der Waals surface area contributed by atoms with Gasteiger partial charge in [-0.15, -0.1) is 13.2 Å². The summed E-state index contributed by atoms with van der Waals surface area (Å²) < 4.78 is 42.8. The van der Waals surface area contributed by atoms with E-state index in [4.69, 9.17) is 9.98 Å². The molecule has 1 aliphatic carbocycles. The highest BCUT2D eigenvalue weighted by Crippen LogP contribution is 2.38. The van der Waals surface area contributed by atoms with Gasteiger partial charge in [-0.25, -0.2) is 0 Å². The van der Waals surface area contributed by atoms with Gasteiger partial charge in [0.1, 0.15) is 5.75 Å². The fraction of sp³-hybridized carbons (Fsp3) is 0.324. The fourth-order valence-corrected chi connectivity index (χ4v) is 5.85. The monoisotopic (exact) mass is 600 g/mol. The number of hydrogen-bond acceptors (Lipinski definition) is 7. The number of pyridine rings is 1. The van der Waals surface area contributed by atoms with Gasteiger partial charge in [0.25, 0.3) is 0 Å². The topological polar surface area (TPSA) is 65.4 Å². The number of nitrogens with one attached hydrogen (secondary N) is 1. The Kier molecular flexibility index (Phi) is 8.52.